The van der Waals surface area contributed by atoms with Crippen LogP contribution in [0, 0.1) is 6.92 Å². The van der Waals surface area contributed by atoms with Crippen molar-refractivity contribution in [3.8, 4) is 22.2 Å². The number of aryl methyl sites for hydroxylation is 1. The molecule has 3 aromatic heterocycles. The number of H-pyrrole nitrogens is 1. The van der Waals surface area contributed by atoms with Crippen molar-refractivity contribution < 1.29 is 9.47 Å². The first-order valence-corrected chi connectivity index (χ1v) is 8.76. The Bertz CT molecular complexity index is 1070. The molecule has 0 aliphatic rings. The average molecular weight is 367 g/mol. The number of nitrogens with zero attached hydrogens (tertiary/aromatic N) is 3. The minimum atomic E-state index is 0.640. The van der Waals surface area contributed by atoms with E-state index in [1.165, 1.54) is 4.88 Å². The molecule has 132 valence electrons. The van der Waals surface area contributed by atoms with Crippen LogP contribution in [0.15, 0.2) is 36.5 Å². The van der Waals surface area contributed by atoms with E-state index in [9.17, 15) is 0 Å². The highest BCUT2D eigenvalue weighted by atomic mass is 32.1. The summed E-state index contributed by atoms with van der Waals surface area (Å²) in [6.07, 6.45) is 1.70. The molecule has 0 aliphatic heterocycles. The lowest BCUT2D eigenvalue weighted by Gasteiger charge is -2.11. The van der Waals surface area contributed by atoms with Gasteiger partial charge in [-0.3, -0.25) is 5.10 Å². The van der Waals surface area contributed by atoms with Crippen LogP contribution in [0.5, 0.6) is 11.5 Å². The maximum Gasteiger partial charge on any atom is 0.172 e. The Morgan fingerprint density at radius 2 is 1.88 bits per heavy atom. The quantitative estimate of drug-likeness (QED) is 0.551. The van der Waals surface area contributed by atoms with Gasteiger partial charge in [0, 0.05) is 16.6 Å². The van der Waals surface area contributed by atoms with Gasteiger partial charge in [-0.2, -0.15) is 5.10 Å². The Kier molecular flexibility index (Phi) is 4.18. The average Bonchev–Trinajstić information content (AvgIpc) is 3.30. The molecule has 4 aromatic rings. The molecule has 4 rings (SSSR count). The second kappa shape index (κ2) is 6.64. The van der Waals surface area contributed by atoms with Crippen LogP contribution in [0.3, 0.4) is 0 Å². The first-order valence-electron chi connectivity index (χ1n) is 7.95. The third-order valence-corrected chi connectivity index (χ3v) is 4.90. The summed E-state index contributed by atoms with van der Waals surface area (Å²) in [7, 11) is 3.22. The highest BCUT2D eigenvalue weighted by Gasteiger charge is 2.13. The number of ether oxygens (including phenoxy) is 2. The van der Waals surface area contributed by atoms with Crippen molar-refractivity contribution in [1.82, 2.24) is 20.2 Å². The summed E-state index contributed by atoms with van der Waals surface area (Å²) in [4.78, 5) is 11.5. The van der Waals surface area contributed by atoms with Crippen LogP contribution < -0.4 is 14.8 Å². The van der Waals surface area contributed by atoms with Crippen molar-refractivity contribution in [3.63, 3.8) is 0 Å². The van der Waals surface area contributed by atoms with Crippen molar-refractivity contribution in [2.45, 2.75) is 6.92 Å². The Morgan fingerprint density at radius 1 is 1.04 bits per heavy atom. The lowest BCUT2D eigenvalue weighted by Crippen LogP contribution is -1.99. The monoisotopic (exact) mass is 367 g/mol. The van der Waals surface area contributed by atoms with Gasteiger partial charge in [-0.05, 0) is 31.2 Å². The molecule has 3 heterocycles. The fourth-order valence-electron chi connectivity index (χ4n) is 2.65. The molecule has 0 fully saturated rings. The molecule has 1 aromatic carbocycles. The number of thiophene rings is 1. The van der Waals surface area contributed by atoms with E-state index in [0.717, 1.165) is 21.6 Å². The van der Waals surface area contributed by atoms with E-state index in [2.05, 4.69) is 33.5 Å². The standard InChI is InChI=1S/C18H17N5O2S/c1-10-4-7-15(26-10)17-21-12-9-19-23-16(12)18(22-17)20-11-5-6-13(24-2)14(8-11)25-3/h4-9H,1-3H3,(H,19,23)(H,20,21,22). The van der Waals surface area contributed by atoms with Gasteiger partial charge in [-0.15, -0.1) is 11.3 Å². The number of fused-ring (bicyclic) bond motifs is 1. The van der Waals surface area contributed by atoms with Crippen LogP contribution in [0.4, 0.5) is 11.5 Å². The zero-order valence-electron chi connectivity index (χ0n) is 14.5. The molecule has 0 saturated heterocycles. The Hall–Kier alpha value is -3.13. The van der Waals surface area contributed by atoms with Crippen molar-refractivity contribution in [2.75, 3.05) is 19.5 Å². The summed E-state index contributed by atoms with van der Waals surface area (Å²) < 4.78 is 10.7. The number of hydrogen-bond acceptors (Lipinski definition) is 7. The summed E-state index contributed by atoms with van der Waals surface area (Å²) in [6, 6.07) is 9.70. The minimum Gasteiger partial charge on any atom is -0.493 e. The van der Waals surface area contributed by atoms with E-state index in [4.69, 9.17) is 14.5 Å². The van der Waals surface area contributed by atoms with Crippen LogP contribution >= 0.6 is 11.3 Å². The Balaban J connectivity index is 1.77. The second-order valence-electron chi connectivity index (χ2n) is 5.63. The molecule has 8 heteroatoms. The fraction of sp³-hybridized carbons (Fsp3) is 0.167. The maximum absolute atomic E-state index is 5.37. The Labute approximate surface area is 154 Å². The number of nitrogens with one attached hydrogen (secondary N) is 2. The zero-order chi connectivity index (χ0) is 18.1. The summed E-state index contributed by atoms with van der Waals surface area (Å²) >= 11 is 1.66. The van der Waals surface area contributed by atoms with Crippen LogP contribution in [-0.2, 0) is 0 Å². The molecule has 0 amide bonds. The summed E-state index contributed by atoms with van der Waals surface area (Å²) in [5.74, 6) is 2.63. The lowest BCUT2D eigenvalue weighted by atomic mass is 10.2. The number of aromatic nitrogens is 4. The molecule has 0 radical (unpaired) electrons. The van der Waals surface area contributed by atoms with Gasteiger partial charge in [-0.25, -0.2) is 9.97 Å². The normalized spacial score (nSPS) is 10.9. The first-order chi connectivity index (χ1) is 12.7. The molecule has 0 aliphatic carbocycles. The smallest absolute Gasteiger partial charge is 0.172 e. The molecule has 0 spiro atoms. The van der Waals surface area contributed by atoms with Crippen molar-refractivity contribution in [2.24, 2.45) is 0 Å². The lowest BCUT2D eigenvalue weighted by molar-refractivity contribution is 0.355. The molecular formula is C18H17N5O2S. The topological polar surface area (TPSA) is 85.0 Å². The van der Waals surface area contributed by atoms with E-state index in [1.807, 2.05) is 24.3 Å². The van der Waals surface area contributed by atoms with Gasteiger partial charge < -0.3 is 14.8 Å². The molecule has 7 nitrogen and oxygen atoms in total. The van der Waals surface area contributed by atoms with Crippen LogP contribution in [0.1, 0.15) is 4.88 Å². The van der Waals surface area contributed by atoms with Crippen LogP contribution in [-0.4, -0.2) is 34.4 Å². The third-order valence-electron chi connectivity index (χ3n) is 3.91. The number of methoxy groups -OCH3 is 2. The summed E-state index contributed by atoms with van der Waals surface area (Å²) in [5, 5.41) is 10.4. The summed E-state index contributed by atoms with van der Waals surface area (Å²) in [5.41, 5.74) is 2.33. The van der Waals surface area contributed by atoms with Gasteiger partial charge in [0.15, 0.2) is 23.1 Å². The SMILES string of the molecule is COc1ccc(Nc2nc(-c3ccc(C)s3)nc3cn[nH]c23)cc1OC. The number of benzene rings is 1. The second-order valence-corrected chi connectivity index (χ2v) is 6.92. The summed E-state index contributed by atoms with van der Waals surface area (Å²) in [6.45, 7) is 2.06. The largest absolute Gasteiger partial charge is 0.493 e. The molecule has 26 heavy (non-hydrogen) atoms. The molecule has 0 bridgehead atoms. The predicted molar refractivity (Wildman–Crippen MR) is 103 cm³/mol. The molecule has 2 N–H and O–H groups in total. The number of rotatable bonds is 5. The highest BCUT2D eigenvalue weighted by molar-refractivity contribution is 7.15. The third kappa shape index (κ3) is 2.95. The Morgan fingerprint density at radius 3 is 2.62 bits per heavy atom. The predicted octanol–water partition coefficient (Wildman–Crippen LogP) is 4.15. The van der Waals surface area contributed by atoms with E-state index < -0.39 is 0 Å². The molecule has 0 saturated carbocycles. The van der Waals surface area contributed by atoms with Crippen LogP contribution in [0.25, 0.3) is 21.7 Å². The van der Waals surface area contributed by atoms with Gasteiger partial charge in [-0.1, -0.05) is 0 Å². The van der Waals surface area contributed by atoms with Crippen molar-refractivity contribution in [1.29, 1.82) is 0 Å². The fourth-order valence-corrected chi connectivity index (χ4v) is 3.45. The number of hydrogen-bond donors (Lipinski definition) is 2. The van der Waals surface area contributed by atoms with Crippen molar-refractivity contribution >= 4 is 33.9 Å². The molecular weight excluding hydrogens is 350 g/mol. The first kappa shape index (κ1) is 16.3. The van der Waals surface area contributed by atoms with Gasteiger partial charge in [0.05, 0.1) is 25.3 Å². The van der Waals surface area contributed by atoms with E-state index in [-0.39, 0.29) is 0 Å². The van der Waals surface area contributed by atoms with E-state index in [0.29, 0.717) is 23.1 Å². The van der Waals surface area contributed by atoms with Gasteiger partial charge in [0.2, 0.25) is 0 Å². The van der Waals surface area contributed by atoms with E-state index in [1.54, 1.807) is 31.8 Å². The van der Waals surface area contributed by atoms with Crippen molar-refractivity contribution in [3.05, 3.63) is 41.4 Å². The number of aromatic amines is 1. The van der Waals surface area contributed by atoms with Gasteiger partial charge in [0.1, 0.15) is 11.0 Å². The van der Waals surface area contributed by atoms with E-state index >= 15 is 0 Å². The van der Waals surface area contributed by atoms with Gasteiger partial charge >= 0.3 is 0 Å². The number of anilines is 2. The molecule has 0 unspecified atom stereocenters. The van der Waals surface area contributed by atoms with Gasteiger partial charge in [0.25, 0.3) is 0 Å². The maximum atomic E-state index is 5.37. The van der Waals surface area contributed by atoms with Crippen LogP contribution in [0.2, 0.25) is 0 Å². The zero-order valence-corrected chi connectivity index (χ0v) is 15.3. The minimum absolute atomic E-state index is 0.640. The highest BCUT2D eigenvalue weighted by Crippen LogP contribution is 2.33. The molecule has 0 atom stereocenters.